The number of amides is 1. The number of aromatic nitrogens is 1. The van der Waals surface area contributed by atoms with E-state index in [1.807, 2.05) is 58.9 Å². The van der Waals surface area contributed by atoms with Gasteiger partial charge in [-0.05, 0) is 36.5 Å². The molecule has 1 N–H and O–H groups in total. The molecule has 1 saturated carbocycles. The van der Waals surface area contributed by atoms with Gasteiger partial charge in [-0.15, -0.1) is 0 Å². The molecule has 0 radical (unpaired) electrons. The molecular formula is C21H32N2O3. The predicted octanol–water partition coefficient (Wildman–Crippen LogP) is 5.21. The number of rotatable bonds is 6. The third-order valence-corrected chi connectivity index (χ3v) is 3.99. The van der Waals surface area contributed by atoms with Crippen molar-refractivity contribution in [3.8, 4) is 5.75 Å². The highest BCUT2D eigenvalue weighted by Crippen LogP contribution is 2.29. The van der Waals surface area contributed by atoms with Gasteiger partial charge in [0.1, 0.15) is 11.5 Å². The Morgan fingerprint density at radius 1 is 1.27 bits per heavy atom. The number of benzene rings is 1. The molecule has 0 spiro atoms. The molecule has 1 aliphatic carbocycles. The predicted molar refractivity (Wildman–Crippen MR) is 106 cm³/mol. The van der Waals surface area contributed by atoms with Crippen LogP contribution in [0, 0.1) is 5.92 Å². The van der Waals surface area contributed by atoms with Crippen molar-refractivity contribution in [1.29, 1.82) is 0 Å². The highest BCUT2D eigenvalue weighted by Gasteiger charge is 2.22. The standard InChI is InChI=1S/C19H24N2O3.C2H6.H2/c1-19(2,3)16-11-17(21-24-16)20-18(22)10-13-6-8-15(9-7-13)23-12-14-4-5-14;1-2;/h6-9,11,14H,4-5,10,12H2,1-3H3,(H,20,21,22);1-2H3;1H. The van der Waals surface area contributed by atoms with E-state index >= 15 is 0 Å². The summed E-state index contributed by atoms with van der Waals surface area (Å²) in [6.45, 7) is 10.9. The van der Waals surface area contributed by atoms with Crippen LogP contribution in [0.5, 0.6) is 5.75 Å². The third kappa shape index (κ3) is 6.21. The van der Waals surface area contributed by atoms with Crippen molar-refractivity contribution < 1.29 is 15.5 Å². The van der Waals surface area contributed by atoms with E-state index in [-0.39, 0.29) is 12.7 Å². The van der Waals surface area contributed by atoms with Crippen LogP contribution in [-0.2, 0) is 16.6 Å². The Labute approximate surface area is 157 Å². The molecular weight excluding hydrogens is 328 g/mol. The normalized spacial score (nSPS) is 13.6. The monoisotopic (exact) mass is 360 g/mol. The summed E-state index contributed by atoms with van der Waals surface area (Å²) >= 11 is 0. The zero-order valence-corrected chi connectivity index (χ0v) is 16.5. The minimum atomic E-state index is -0.133. The van der Waals surface area contributed by atoms with E-state index < -0.39 is 0 Å². The van der Waals surface area contributed by atoms with Gasteiger partial charge in [-0.3, -0.25) is 4.79 Å². The first-order chi connectivity index (χ1) is 12.4. The Balaban J connectivity index is 0.00000118. The van der Waals surface area contributed by atoms with Crippen LogP contribution in [0.2, 0.25) is 0 Å². The van der Waals surface area contributed by atoms with Crippen LogP contribution in [-0.4, -0.2) is 17.7 Å². The molecule has 5 nitrogen and oxygen atoms in total. The van der Waals surface area contributed by atoms with E-state index in [1.54, 1.807) is 6.07 Å². The average Bonchev–Trinajstić information content (AvgIpc) is 3.32. The van der Waals surface area contributed by atoms with E-state index in [0.717, 1.165) is 29.6 Å². The number of hydrogen-bond donors (Lipinski definition) is 1. The summed E-state index contributed by atoms with van der Waals surface area (Å²) in [6.07, 6.45) is 2.84. The van der Waals surface area contributed by atoms with Crippen LogP contribution >= 0.6 is 0 Å². The van der Waals surface area contributed by atoms with E-state index in [9.17, 15) is 4.79 Å². The molecule has 1 aromatic heterocycles. The highest BCUT2D eigenvalue weighted by atomic mass is 16.5. The average molecular weight is 360 g/mol. The molecule has 1 fully saturated rings. The van der Waals surface area contributed by atoms with Gasteiger partial charge in [0.25, 0.3) is 0 Å². The molecule has 0 atom stereocenters. The molecule has 2 aromatic rings. The summed E-state index contributed by atoms with van der Waals surface area (Å²) < 4.78 is 11.0. The molecule has 0 aliphatic heterocycles. The smallest absolute Gasteiger partial charge is 0.230 e. The number of hydrogen-bond acceptors (Lipinski definition) is 4. The van der Waals surface area contributed by atoms with Gasteiger partial charge in [0, 0.05) is 12.9 Å². The molecule has 1 aromatic carbocycles. The Bertz CT molecular complexity index is 701. The fraction of sp³-hybridized carbons (Fsp3) is 0.524. The second kappa shape index (κ2) is 8.88. The van der Waals surface area contributed by atoms with Crippen molar-refractivity contribution >= 4 is 11.7 Å². The van der Waals surface area contributed by atoms with Gasteiger partial charge in [0.2, 0.25) is 5.91 Å². The molecule has 144 valence electrons. The molecule has 1 heterocycles. The Kier molecular flexibility index (Phi) is 6.83. The maximum absolute atomic E-state index is 12.1. The molecule has 26 heavy (non-hydrogen) atoms. The Morgan fingerprint density at radius 2 is 1.92 bits per heavy atom. The van der Waals surface area contributed by atoms with E-state index in [1.165, 1.54) is 12.8 Å². The van der Waals surface area contributed by atoms with Crippen molar-refractivity contribution in [2.75, 3.05) is 11.9 Å². The summed E-state index contributed by atoms with van der Waals surface area (Å²) in [5.74, 6) is 2.67. The molecule has 1 amide bonds. The second-order valence-corrected chi connectivity index (χ2v) is 7.45. The lowest BCUT2D eigenvalue weighted by molar-refractivity contribution is -0.115. The van der Waals surface area contributed by atoms with Crippen molar-refractivity contribution in [3.05, 3.63) is 41.7 Å². The number of ether oxygens (including phenoxy) is 1. The highest BCUT2D eigenvalue weighted by molar-refractivity contribution is 5.91. The molecule has 1 aliphatic rings. The molecule has 5 heteroatoms. The van der Waals surface area contributed by atoms with Crippen molar-refractivity contribution in [2.45, 2.75) is 59.3 Å². The van der Waals surface area contributed by atoms with Crippen molar-refractivity contribution in [1.82, 2.24) is 5.16 Å². The number of nitrogens with one attached hydrogen (secondary N) is 1. The lowest BCUT2D eigenvalue weighted by atomic mass is 9.93. The van der Waals surface area contributed by atoms with Gasteiger partial charge in [-0.2, -0.15) is 0 Å². The third-order valence-electron chi connectivity index (χ3n) is 3.99. The van der Waals surface area contributed by atoms with Gasteiger partial charge in [-0.25, -0.2) is 0 Å². The first kappa shape index (κ1) is 20.0. The van der Waals surface area contributed by atoms with Crippen LogP contribution in [0.1, 0.15) is 60.2 Å². The van der Waals surface area contributed by atoms with Gasteiger partial charge >= 0.3 is 0 Å². The lowest BCUT2D eigenvalue weighted by Gasteiger charge is -2.12. The fourth-order valence-corrected chi connectivity index (χ4v) is 2.26. The molecule has 0 unspecified atom stereocenters. The van der Waals surface area contributed by atoms with E-state index in [2.05, 4.69) is 10.5 Å². The molecule has 0 saturated heterocycles. The number of carbonyl (C=O) groups excluding carboxylic acids is 1. The maximum atomic E-state index is 12.1. The van der Waals surface area contributed by atoms with Crippen LogP contribution in [0.3, 0.4) is 0 Å². The van der Waals surface area contributed by atoms with Gasteiger partial charge in [0.15, 0.2) is 5.82 Å². The van der Waals surface area contributed by atoms with E-state index in [4.69, 9.17) is 9.26 Å². The summed E-state index contributed by atoms with van der Waals surface area (Å²) in [5, 5.41) is 6.67. The summed E-state index contributed by atoms with van der Waals surface area (Å²) in [6, 6.07) is 9.45. The number of nitrogens with zero attached hydrogens (tertiary/aromatic N) is 1. The van der Waals surface area contributed by atoms with Gasteiger partial charge in [0.05, 0.1) is 13.0 Å². The first-order valence-corrected chi connectivity index (χ1v) is 9.39. The number of anilines is 1. The number of carbonyl (C=O) groups is 1. The Hall–Kier alpha value is -2.30. The van der Waals surface area contributed by atoms with Crippen LogP contribution in [0.25, 0.3) is 0 Å². The minimum Gasteiger partial charge on any atom is -0.493 e. The summed E-state index contributed by atoms with van der Waals surface area (Å²) in [4.78, 5) is 12.1. The first-order valence-electron chi connectivity index (χ1n) is 9.39. The topological polar surface area (TPSA) is 64.4 Å². The van der Waals surface area contributed by atoms with Crippen LogP contribution < -0.4 is 10.1 Å². The Morgan fingerprint density at radius 3 is 2.46 bits per heavy atom. The van der Waals surface area contributed by atoms with Gasteiger partial charge < -0.3 is 14.6 Å². The van der Waals surface area contributed by atoms with Crippen molar-refractivity contribution in [2.24, 2.45) is 5.92 Å². The van der Waals surface area contributed by atoms with Crippen molar-refractivity contribution in [3.63, 3.8) is 0 Å². The largest absolute Gasteiger partial charge is 0.493 e. The summed E-state index contributed by atoms with van der Waals surface area (Å²) in [5.41, 5.74) is 0.803. The quantitative estimate of drug-likeness (QED) is 0.767. The second-order valence-electron chi connectivity index (χ2n) is 7.45. The maximum Gasteiger partial charge on any atom is 0.230 e. The van der Waals surface area contributed by atoms with E-state index in [0.29, 0.717) is 12.2 Å². The minimum absolute atomic E-state index is 0. The zero-order chi connectivity index (χ0) is 19.2. The SMILES string of the molecule is CC.CC(C)(C)c1cc(NC(=O)Cc2ccc(OCC3CC3)cc2)no1.[HH]. The zero-order valence-electron chi connectivity index (χ0n) is 16.5. The van der Waals surface area contributed by atoms with Gasteiger partial charge in [-0.1, -0.05) is 51.9 Å². The van der Waals surface area contributed by atoms with Crippen LogP contribution in [0.15, 0.2) is 34.9 Å². The summed E-state index contributed by atoms with van der Waals surface area (Å²) in [7, 11) is 0. The van der Waals surface area contributed by atoms with Crippen LogP contribution in [0.4, 0.5) is 5.82 Å². The molecule has 3 rings (SSSR count). The lowest BCUT2D eigenvalue weighted by Crippen LogP contribution is -2.14. The molecule has 0 bridgehead atoms. The fourth-order valence-electron chi connectivity index (χ4n) is 2.26.